The summed E-state index contributed by atoms with van der Waals surface area (Å²) in [6.45, 7) is 4.25. The molecule has 0 saturated carbocycles. The van der Waals surface area contributed by atoms with E-state index in [4.69, 9.17) is 9.40 Å². The van der Waals surface area contributed by atoms with Crippen LogP contribution in [0.4, 0.5) is 0 Å². The summed E-state index contributed by atoms with van der Waals surface area (Å²) in [5.74, 6) is 0.469. The van der Waals surface area contributed by atoms with E-state index in [1.807, 2.05) is 12.1 Å². The molecule has 0 radical (unpaired) electrons. The van der Waals surface area contributed by atoms with Crippen LogP contribution in [0.2, 0.25) is 0 Å². The fourth-order valence-corrected chi connectivity index (χ4v) is 6.77. The third kappa shape index (κ3) is 3.41. The van der Waals surface area contributed by atoms with Crippen LogP contribution in [0.15, 0.2) is 108 Å². The molecule has 188 valence electrons. The molecule has 6 aromatic rings. The van der Waals surface area contributed by atoms with Gasteiger partial charge in [-0.3, -0.25) is 0 Å². The van der Waals surface area contributed by atoms with E-state index >= 15 is 0 Å². The molecule has 4 heteroatoms. The number of hydrogen-bond acceptors (Lipinski definition) is 2. The van der Waals surface area contributed by atoms with E-state index in [2.05, 4.69) is 114 Å². The number of hydrogen-bond donors (Lipinski definition) is 0. The minimum absolute atomic E-state index is 0.372. The summed E-state index contributed by atoms with van der Waals surface area (Å²) in [5, 5.41) is 2.17. The van der Waals surface area contributed by atoms with Gasteiger partial charge in [-0.15, -0.1) is 0 Å². The molecular weight excluding hydrogens is 478 g/mol. The maximum absolute atomic E-state index is 6.08. The fourth-order valence-electron chi connectivity index (χ4n) is 6.77. The van der Waals surface area contributed by atoms with Crippen LogP contribution in [0.25, 0.3) is 50.3 Å². The highest BCUT2D eigenvalue weighted by molar-refractivity contribution is 6.04. The molecule has 1 aliphatic heterocycles. The first-order chi connectivity index (χ1) is 19.2. The predicted octanol–water partition coefficient (Wildman–Crippen LogP) is 7.48. The first kappa shape index (κ1) is 22.4. The summed E-state index contributed by atoms with van der Waals surface area (Å²) in [4.78, 5) is 4.92. The Morgan fingerprint density at radius 3 is 2.59 bits per heavy atom. The van der Waals surface area contributed by atoms with Crippen molar-refractivity contribution in [3.8, 4) is 22.5 Å². The van der Waals surface area contributed by atoms with Gasteiger partial charge in [0.25, 0.3) is 0 Å². The van der Waals surface area contributed by atoms with Crippen molar-refractivity contribution in [2.45, 2.75) is 38.6 Å². The van der Waals surface area contributed by atoms with Gasteiger partial charge in [0.15, 0.2) is 24.1 Å². The van der Waals surface area contributed by atoms with Crippen LogP contribution in [0.5, 0.6) is 0 Å². The number of furan rings is 1. The largest absolute Gasteiger partial charge is 0.438 e. The molecular formula is C35H29N3O+2. The summed E-state index contributed by atoms with van der Waals surface area (Å²) in [6, 6.07) is 30.9. The molecule has 0 N–H and O–H groups in total. The van der Waals surface area contributed by atoms with Crippen molar-refractivity contribution in [3.63, 3.8) is 0 Å². The molecule has 1 aliphatic carbocycles. The highest BCUT2D eigenvalue weighted by atomic mass is 16.3. The van der Waals surface area contributed by atoms with Crippen LogP contribution < -0.4 is 9.13 Å². The van der Waals surface area contributed by atoms with E-state index in [9.17, 15) is 0 Å². The third-order valence-electron chi connectivity index (χ3n) is 8.63. The highest BCUT2D eigenvalue weighted by Crippen LogP contribution is 2.45. The Labute approximate surface area is 227 Å². The monoisotopic (exact) mass is 507 g/mol. The standard InChI is InChI=1S/C35H29N3O/c1-22-16-18-37(32(19-22)29-21-30-28-11-5-6-13-34(28)39-35(30)36-23(29)2)24-14-15-27-25-9-3-4-10-26(25)31-12-7-8-17-38(31)33(27)20-24/h3-14,16-19,21,27,33H,15,20H2,1-2H3/q+2. The topological polar surface area (TPSA) is 33.8 Å². The number of allylic oxidation sites excluding steroid dienone is 2. The van der Waals surface area contributed by atoms with E-state index in [1.165, 1.54) is 33.8 Å². The van der Waals surface area contributed by atoms with E-state index in [0.29, 0.717) is 17.7 Å². The second-order valence-corrected chi connectivity index (χ2v) is 10.9. The molecule has 5 heterocycles. The van der Waals surface area contributed by atoms with Gasteiger partial charge in [-0.2, -0.15) is 9.13 Å². The molecule has 2 unspecified atom stereocenters. The summed E-state index contributed by atoms with van der Waals surface area (Å²) in [6.07, 6.45) is 8.94. The zero-order valence-corrected chi connectivity index (χ0v) is 22.1. The van der Waals surface area contributed by atoms with Crippen molar-refractivity contribution in [3.05, 3.63) is 120 Å². The van der Waals surface area contributed by atoms with E-state index in [0.717, 1.165) is 40.5 Å². The number of benzene rings is 2. The zero-order chi connectivity index (χ0) is 26.1. The van der Waals surface area contributed by atoms with Crippen molar-refractivity contribution in [1.29, 1.82) is 0 Å². The summed E-state index contributed by atoms with van der Waals surface area (Å²) in [7, 11) is 0. The molecule has 4 nitrogen and oxygen atoms in total. The molecule has 0 fully saturated rings. The van der Waals surface area contributed by atoms with Crippen molar-refractivity contribution in [2.24, 2.45) is 0 Å². The van der Waals surface area contributed by atoms with Crippen molar-refractivity contribution >= 4 is 27.8 Å². The number of para-hydroxylation sites is 1. The first-order valence-electron chi connectivity index (χ1n) is 13.8. The molecule has 0 bridgehead atoms. The van der Waals surface area contributed by atoms with Gasteiger partial charge in [0.1, 0.15) is 5.58 Å². The van der Waals surface area contributed by atoms with Crippen molar-refractivity contribution in [2.75, 3.05) is 0 Å². The molecule has 2 aliphatic rings. The van der Waals surface area contributed by atoms with E-state index in [-0.39, 0.29) is 0 Å². The molecule has 0 spiro atoms. The van der Waals surface area contributed by atoms with Gasteiger partial charge in [-0.05, 0) is 61.7 Å². The normalized spacial score (nSPS) is 17.9. The number of aryl methyl sites for hydroxylation is 2. The van der Waals surface area contributed by atoms with Crippen LogP contribution >= 0.6 is 0 Å². The number of aromatic nitrogens is 3. The number of rotatable bonds is 2. The van der Waals surface area contributed by atoms with Gasteiger partial charge in [0.2, 0.25) is 17.1 Å². The molecule has 8 rings (SSSR count). The van der Waals surface area contributed by atoms with Crippen LogP contribution in [-0.4, -0.2) is 4.98 Å². The van der Waals surface area contributed by atoms with Crippen LogP contribution in [-0.2, 0) is 0 Å². The maximum Gasteiger partial charge on any atom is 0.227 e. The van der Waals surface area contributed by atoms with E-state index in [1.54, 1.807) is 0 Å². The zero-order valence-electron chi connectivity index (χ0n) is 22.1. The van der Waals surface area contributed by atoms with Gasteiger partial charge < -0.3 is 4.42 Å². The quantitative estimate of drug-likeness (QED) is 0.228. The van der Waals surface area contributed by atoms with Gasteiger partial charge >= 0.3 is 0 Å². The molecule has 4 aromatic heterocycles. The Balaban J connectivity index is 1.28. The van der Waals surface area contributed by atoms with Gasteiger partial charge in [-0.1, -0.05) is 36.4 Å². The lowest BCUT2D eigenvalue weighted by Crippen LogP contribution is -2.50. The van der Waals surface area contributed by atoms with Gasteiger partial charge in [-0.25, -0.2) is 4.98 Å². The molecule has 0 saturated heterocycles. The average Bonchev–Trinajstić information content (AvgIpc) is 3.34. The average molecular weight is 508 g/mol. The Bertz CT molecular complexity index is 1960. The fraction of sp³-hybridized carbons (Fsp3) is 0.171. The van der Waals surface area contributed by atoms with Gasteiger partial charge in [0.05, 0.1) is 23.6 Å². The van der Waals surface area contributed by atoms with Gasteiger partial charge in [0, 0.05) is 40.6 Å². The second-order valence-electron chi connectivity index (χ2n) is 10.9. The highest BCUT2D eigenvalue weighted by Gasteiger charge is 2.44. The summed E-state index contributed by atoms with van der Waals surface area (Å²) in [5.41, 5.74) is 11.6. The van der Waals surface area contributed by atoms with E-state index < -0.39 is 0 Å². The first-order valence-corrected chi connectivity index (χ1v) is 13.8. The Kier molecular flexibility index (Phi) is 4.87. The molecule has 0 amide bonds. The second kappa shape index (κ2) is 8.47. The van der Waals surface area contributed by atoms with Crippen LogP contribution in [0.3, 0.4) is 0 Å². The predicted molar refractivity (Wildman–Crippen MR) is 154 cm³/mol. The Morgan fingerprint density at radius 2 is 1.64 bits per heavy atom. The van der Waals surface area contributed by atoms with Crippen molar-refractivity contribution in [1.82, 2.24) is 4.98 Å². The summed E-state index contributed by atoms with van der Waals surface area (Å²) >= 11 is 0. The molecule has 39 heavy (non-hydrogen) atoms. The van der Waals surface area contributed by atoms with Crippen molar-refractivity contribution < 1.29 is 13.6 Å². The Morgan fingerprint density at radius 1 is 0.795 bits per heavy atom. The minimum atomic E-state index is 0.372. The lowest BCUT2D eigenvalue weighted by atomic mass is 9.76. The molecule has 2 aromatic carbocycles. The SMILES string of the molecule is Cc1cc[n+](C2=CCC3c4ccccc4-c4cccc[n+]4C3C2)c(-c2cc3c(nc2C)oc2ccccc23)c1. The molecule has 2 atom stereocenters. The number of fused-ring (bicyclic) bond motifs is 9. The van der Waals surface area contributed by atoms with Crippen LogP contribution in [0, 0.1) is 13.8 Å². The Hall–Kier alpha value is -4.57. The maximum atomic E-state index is 6.08. The minimum Gasteiger partial charge on any atom is -0.438 e. The smallest absolute Gasteiger partial charge is 0.227 e. The van der Waals surface area contributed by atoms with Crippen LogP contribution in [0.1, 0.15) is 41.6 Å². The number of nitrogens with zero attached hydrogens (tertiary/aromatic N) is 3. The summed E-state index contributed by atoms with van der Waals surface area (Å²) < 4.78 is 11.0. The lowest BCUT2D eigenvalue weighted by molar-refractivity contribution is -0.720. The third-order valence-corrected chi connectivity index (χ3v) is 8.63. The lowest BCUT2D eigenvalue weighted by Gasteiger charge is -2.32. The number of pyridine rings is 3.